The molecule has 0 spiro atoms. The van der Waals surface area contributed by atoms with Crippen LogP contribution in [0.3, 0.4) is 0 Å². The van der Waals surface area contributed by atoms with Gasteiger partial charge >= 0.3 is 0 Å². The number of aromatic nitrogens is 1. The molecule has 1 aromatic rings. The number of halogens is 1. The number of hydrogen-bond acceptors (Lipinski definition) is 3. The van der Waals surface area contributed by atoms with Crippen LogP contribution in [0.25, 0.3) is 0 Å². The van der Waals surface area contributed by atoms with E-state index in [-0.39, 0.29) is 11.5 Å². The molecule has 1 heterocycles. The van der Waals surface area contributed by atoms with Crippen molar-refractivity contribution in [2.75, 3.05) is 25.6 Å². The van der Waals surface area contributed by atoms with Gasteiger partial charge in [-0.25, -0.2) is 0 Å². The molecule has 0 fully saturated rings. The molecule has 0 aromatic carbocycles. The van der Waals surface area contributed by atoms with Crippen LogP contribution in [0.2, 0.25) is 0 Å². The van der Waals surface area contributed by atoms with E-state index in [0.717, 1.165) is 0 Å². The Balaban J connectivity index is 2.33. The van der Waals surface area contributed by atoms with Crippen molar-refractivity contribution in [3.05, 3.63) is 34.2 Å². The summed E-state index contributed by atoms with van der Waals surface area (Å²) in [6.07, 6.45) is 1.43. The van der Waals surface area contributed by atoms with Crippen LogP contribution < -0.4 is 10.9 Å². The number of hydrogen-bond donors (Lipinski definition) is 2. The predicted molar refractivity (Wildman–Crippen MR) is 60.9 cm³/mol. The lowest BCUT2D eigenvalue weighted by Crippen LogP contribution is -2.28. The maximum absolute atomic E-state index is 11.5. The molecule has 88 valence electrons. The Kier molecular flexibility index (Phi) is 5.60. The molecular weight excluding hydrogens is 232 g/mol. The maximum atomic E-state index is 11.5. The molecular formula is C10H13ClN2O3. The van der Waals surface area contributed by atoms with Crippen LogP contribution in [-0.2, 0) is 4.74 Å². The van der Waals surface area contributed by atoms with Crippen LogP contribution in [0, 0.1) is 0 Å². The second-order valence-corrected chi connectivity index (χ2v) is 3.38. The molecule has 1 rings (SSSR count). The first kappa shape index (κ1) is 12.7. The molecule has 2 N–H and O–H groups in total. The summed E-state index contributed by atoms with van der Waals surface area (Å²) in [7, 11) is 0. The van der Waals surface area contributed by atoms with Gasteiger partial charge in [-0.1, -0.05) is 0 Å². The van der Waals surface area contributed by atoms with Crippen molar-refractivity contribution >= 4 is 17.5 Å². The number of rotatable bonds is 6. The molecule has 0 unspecified atom stereocenters. The summed E-state index contributed by atoms with van der Waals surface area (Å²) in [5.74, 6) is 0.141. The van der Waals surface area contributed by atoms with Crippen molar-refractivity contribution in [3.8, 4) is 0 Å². The molecule has 0 aliphatic carbocycles. The normalized spacial score (nSPS) is 10.1. The van der Waals surface area contributed by atoms with Crippen LogP contribution >= 0.6 is 11.6 Å². The van der Waals surface area contributed by atoms with E-state index in [4.69, 9.17) is 16.3 Å². The monoisotopic (exact) mass is 244 g/mol. The van der Waals surface area contributed by atoms with E-state index in [2.05, 4.69) is 10.3 Å². The lowest BCUT2D eigenvalue weighted by atomic mass is 10.2. The lowest BCUT2D eigenvalue weighted by molar-refractivity contribution is 0.0923. The third-order valence-corrected chi connectivity index (χ3v) is 1.95. The number of nitrogens with one attached hydrogen (secondary N) is 2. The first-order chi connectivity index (χ1) is 7.74. The van der Waals surface area contributed by atoms with Gasteiger partial charge in [0.1, 0.15) is 0 Å². The number of carbonyl (C=O) groups excluding carboxylic acids is 1. The molecule has 1 aromatic heterocycles. The molecule has 0 saturated carbocycles. The summed E-state index contributed by atoms with van der Waals surface area (Å²) in [6.45, 7) is 1.26. The largest absolute Gasteiger partial charge is 0.378 e. The molecule has 5 nitrogen and oxygen atoms in total. The second-order valence-electron chi connectivity index (χ2n) is 3.00. The highest BCUT2D eigenvalue weighted by atomic mass is 35.5. The number of H-pyrrole nitrogens is 1. The Morgan fingerprint density at radius 3 is 3.00 bits per heavy atom. The van der Waals surface area contributed by atoms with Gasteiger partial charge in [-0.2, -0.15) is 0 Å². The third-order valence-electron chi connectivity index (χ3n) is 1.79. The highest BCUT2D eigenvalue weighted by Crippen LogP contribution is 1.91. The fourth-order valence-corrected chi connectivity index (χ4v) is 1.19. The van der Waals surface area contributed by atoms with E-state index in [1.54, 1.807) is 0 Å². The SMILES string of the molecule is O=C(NCCOCCCl)c1cc[nH]c(=O)c1. The number of amides is 1. The lowest BCUT2D eigenvalue weighted by Gasteiger charge is -2.04. The predicted octanol–water partition coefficient (Wildman–Crippen LogP) is 0.360. The zero-order valence-electron chi connectivity index (χ0n) is 8.66. The maximum Gasteiger partial charge on any atom is 0.251 e. The summed E-state index contributed by atoms with van der Waals surface area (Å²) >= 11 is 5.41. The number of carbonyl (C=O) groups is 1. The van der Waals surface area contributed by atoms with Crippen LogP contribution in [0.4, 0.5) is 0 Å². The van der Waals surface area contributed by atoms with E-state index in [1.165, 1.54) is 18.3 Å². The van der Waals surface area contributed by atoms with E-state index in [0.29, 0.717) is 31.2 Å². The highest BCUT2D eigenvalue weighted by molar-refractivity contribution is 6.17. The molecule has 0 aliphatic rings. The average molecular weight is 245 g/mol. The fraction of sp³-hybridized carbons (Fsp3) is 0.400. The summed E-state index contributed by atoms with van der Waals surface area (Å²) in [5.41, 5.74) is 0.0344. The zero-order valence-corrected chi connectivity index (χ0v) is 9.42. The Bertz CT molecular complexity index is 392. The Hall–Kier alpha value is -1.33. The van der Waals surface area contributed by atoms with Crippen molar-refractivity contribution in [2.45, 2.75) is 0 Å². The smallest absolute Gasteiger partial charge is 0.251 e. The molecule has 16 heavy (non-hydrogen) atoms. The molecule has 0 radical (unpaired) electrons. The molecule has 0 bridgehead atoms. The second kappa shape index (κ2) is 7.03. The quantitative estimate of drug-likeness (QED) is 0.561. The van der Waals surface area contributed by atoms with Gasteiger partial charge in [0.2, 0.25) is 5.56 Å². The minimum atomic E-state index is -0.300. The van der Waals surface area contributed by atoms with Crippen molar-refractivity contribution in [2.24, 2.45) is 0 Å². The first-order valence-electron chi connectivity index (χ1n) is 4.84. The minimum absolute atomic E-state index is 0.291. The summed E-state index contributed by atoms with van der Waals surface area (Å²) in [6, 6.07) is 2.78. The zero-order chi connectivity index (χ0) is 11.8. The van der Waals surface area contributed by atoms with Gasteiger partial charge in [0.05, 0.1) is 13.2 Å². The first-order valence-corrected chi connectivity index (χ1v) is 5.38. The van der Waals surface area contributed by atoms with Gasteiger partial charge in [0, 0.05) is 30.3 Å². The van der Waals surface area contributed by atoms with Gasteiger partial charge in [-0.15, -0.1) is 11.6 Å². The molecule has 0 aliphatic heterocycles. The minimum Gasteiger partial charge on any atom is -0.378 e. The Labute approximate surface area is 97.8 Å². The van der Waals surface area contributed by atoms with E-state index >= 15 is 0 Å². The average Bonchev–Trinajstić information content (AvgIpc) is 2.28. The van der Waals surface area contributed by atoms with Crippen molar-refractivity contribution in [3.63, 3.8) is 0 Å². The van der Waals surface area contributed by atoms with Crippen molar-refractivity contribution < 1.29 is 9.53 Å². The van der Waals surface area contributed by atoms with Crippen molar-refractivity contribution in [1.82, 2.24) is 10.3 Å². The molecule has 0 saturated heterocycles. The van der Waals surface area contributed by atoms with Crippen LogP contribution in [0.1, 0.15) is 10.4 Å². The van der Waals surface area contributed by atoms with Crippen molar-refractivity contribution in [1.29, 1.82) is 0 Å². The summed E-state index contributed by atoms with van der Waals surface area (Å²) in [4.78, 5) is 24.9. The molecule has 1 amide bonds. The van der Waals surface area contributed by atoms with Gasteiger partial charge < -0.3 is 15.0 Å². The van der Waals surface area contributed by atoms with E-state index in [1.807, 2.05) is 0 Å². The van der Waals surface area contributed by atoms with Gasteiger partial charge in [0.15, 0.2) is 0 Å². The standard InChI is InChI=1S/C10H13ClN2O3/c11-2-5-16-6-4-13-10(15)8-1-3-12-9(14)7-8/h1,3,7H,2,4-6H2,(H,12,14)(H,13,15). The number of alkyl halides is 1. The topological polar surface area (TPSA) is 71.2 Å². The van der Waals surface area contributed by atoms with Gasteiger partial charge in [-0.3, -0.25) is 9.59 Å². The number of aromatic amines is 1. The highest BCUT2D eigenvalue weighted by Gasteiger charge is 2.04. The number of ether oxygens (including phenoxy) is 1. The summed E-state index contributed by atoms with van der Waals surface area (Å²) in [5, 5.41) is 2.63. The van der Waals surface area contributed by atoms with Crippen LogP contribution in [0.15, 0.2) is 23.1 Å². The van der Waals surface area contributed by atoms with Crippen LogP contribution in [0.5, 0.6) is 0 Å². The van der Waals surface area contributed by atoms with Crippen LogP contribution in [-0.4, -0.2) is 36.5 Å². The number of pyridine rings is 1. The fourth-order valence-electron chi connectivity index (χ4n) is 1.08. The van der Waals surface area contributed by atoms with E-state index in [9.17, 15) is 9.59 Å². The Morgan fingerprint density at radius 1 is 1.50 bits per heavy atom. The molecule has 0 atom stereocenters. The van der Waals surface area contributed by atoms with E-state index < -0.39 is 0 Å². The van der Waals surface area contributed by atoms with Gasteiger partial charge in [0.25, 0.3) is 5.91 Å². The Morgan fingerprint density at radius 2 is 2.31 bits per heavy atom. The summed E-state index contributed by atoms with van der Waals surface area (Å²) < 4.78 is 5.08. The third kappa shape index (κ3) is 4.46. The molecule has 6 heteroatoms. The van der Waals surface area contributed by atoms with Gasteiger partial charge in [-0.05, 0) is 6.07 Å².